The van der Waals surface area contributed by atoms with E-state index in [1.165, 1.54) is 0 Å². The molecule has 0 bridgehead atoms. The van der Waals surface area contributed by atoms with Crippen molar-refractivity contribution in [2.45, 2.75) is 13.8 Å². The zero-order valence-electron chi connectivity index (χ0n) is 16.9. The molecule has 2 heterocycles. The van der Waals surface area contributed by atoms with Gasteiger partial charge in [0.2, 0.25) is 0 Å². The number of nitrogen functional groups attached to an aromatic ring is 1. The number of amides is 1. The van der Waals surface area contributed by atoms with Crippen molar-refractivity contribution in [1.29, 1.82) is 0 Å². The van der Waals surface area contributed by atoms with Gasteiger partial charge in [-0.15, -0.1) is 0 Å². The SMILES string of the molecule is COc1cc2nc(N3CCN(C(=O)OCC(C)C)CC3)cc(N)c2cc1OC. The molecule has 1 aromatic carbocycles. The van der Waals surface area contributed by atoms with Crippen LogP contribution in [0, 0.1) is 5.92 Å². The van der Waals surface area contributed by atoms with E-state index in [1.54, 1.807) is 19.1 Å². The number of fused-ring (bicyclic) bond motifs is 1. The van der Waals surface area contributed by atoms with Crippen LogP contribution in [0.5, 0.6) is 11.5 Å². The monoisotopic (exact) mass is 388 g/mol. The summed E-state index contributed by atoms with van der Waals surface area (Å²) < 4.78 is 16.0. The lowest BCUT2D eigenvalue weighted by Gasteiger charge is -2.35. The van der Waals surface area contributed by atoms with Crippen LogP contribution in [0.25, 0.3) is 10.9 Å². The smallest absolute Gasteiger partial charge is 0.409 e. The zero-order valence-corrected chi connectivity index (χ0v) is 16.9. The zero-order chi connectivity index (χ0) is 20.3. The molecule has 0 spiro atoms. The molecule has 28 heavy (non-hydrogen) atoms. The maximum absolute atomic E-state index is 12.1. The van der Waals surface area contributed by atoms with Gasteiger partial charge in [0.05, 0.1) is 26.3 Å². The standard InChI is InChI=1S/C20H28N4O4/c1-13(2)12-28-20(25)24-7-5-23(6-8-24)19-10-15(21)14-9-17(26-3)18(27-4)11-16(14)22-19/h9-11,13H,5-8,12H2,1-4H3,(H2,21,22). The summed E-state index contributed by atoms with van der Waals surface area (Å²) in [6.07, 6.45) is -0.254. The first kappa shape index (κ1) is 19.9. The van der Waals surface area contributed by atoms with Crippen molar-refractivity contribution in [3.63, 3.8) is 0 Å². The summed E-state index contributed by atoms with van der Waals surface area (Å²) >= 11 is 0. The maximum atomic E-state index is 12.1. The molecule has 2 N–H and O–H groups in total. The second kappa shape index (κ2) is 8.41. The number of hydrogen-bond acceptors (Lipinski definition) is 7. The Hall–Kier alpha value is -2.90. The van der Waals surface area contributed by atoms with Gasteiger partial charge in [-0.1, -0.05) is 13.8 Å². The normalized spacial score (nSPS) is 14.5. The average Bonchev–Trinajstić information content (AvgIpc) is 2.71. The van der Waals surface area contributed by atoms with Crippen LogP contribution in [0.4, 0.5) is 16.3 Å². The third-order valence-corrected chi connectivity index (χ3v) is 4.73. The van der Waals surface area contributed by atoms with Gasteiger partial charge in [-0.3, -0.25) is 0 Å². The number of ether oxygens (including phenoxy) is 3. The Kier molecular flexibility index (Phi) is 5.96. The Bertz CT molecular complexity index is 848. The average molecular weight is 388 g/mol. The highest BCUT2D eigenvalue weighted by atomic mass is 16.6. The summed E-state index contributed by atoms with van der Waals surface area (Å²) in [4.78, 5) is 20.7. The van der Waals surface area contributed by atoms with Gasteiger partial charge >= 0.3 is 6.09 Å². The molecule has 1 aliphatic heterocycles. The molecule has 1 saturated heterocycles. The molecule has 2 aromatic rings. The van der Waals surface area contributed by atoms with E-state index in [9.17, 15) is 4.79 Å². The van der Waals surface area contributed by atoms with Crippen molar-refractivity contribution in [1.82, 2.24) is 9.88 Å². The number of piperazine rings is 1. The molecular weight excluding hydrogens is 360 g/mol. The predicted molar refractivity (Wildman–Crippen MR) is 109 cm³/mol. The molecule has 1 aromatic heterocycles. The fraction of sp³-hybridized carbons (Fsp3) is 0.500. The van der Waals surface area contributed by atoms with E-state index < -0.39 is 0 Å². The Balaban J connectivity index is 1.75. The van der Waals surface area contributed by atoms with E-state index >= 15 is 0 Å². The van der Waals surface area contributed by atoms with E-state index in [-0.39, 0.29) is 6.09 Å². The molecule has 1 aliphatic rings. The molecule has 8 heteroatoms. The molecule has 8 nitrogen and oxygen atoms in total. The Morgan fingerprint density at radius 1 is 1.11 bits per heavy atom. The largest absolute Gasteiger partial charge is 0.493 e. The summed E-state index contributed by atoms with van der Waals surface area (Å²) in [5, 5.41) is 0.817. The van der Waals surface area contributed by atoms with Gasteiger partial charge < -0.3 is 29.7 Å². The summed E-state index contributed by atoms with van der Waals surface area (Å²) in [6.45, 7) is 6.99. The Morgan fingerprint density at radius 2 is 1.75 bits per heavy atom. The lowest BCUT2D eigenvalue weighted by Crippen LogP contribution is -2.49. The molecule has 0 aliphatic carbocycles. The topological polar surface area (TPSA) is 90.2 Å². The van der Waals surface area contributed by atoms with Crippen LogP contribution < -0.4 is 20.1 Å². The van der Waals surface area contributed by atoms with Crippen molar-refractivity contribution < 1.29 is 19.0 Å². The van der Waals surface area contributed by atoms with Gasteiger partial charge in [0.25, 0.3) is 0 Å². The number of carbonyl (C=O) groups is 1. The van der Waals surface area contributed by atoms with Crippen molar-refractivity contribution in [2.24, 2.45) is 5.92 Å². The highest BCUT2D eigenvalue weighted by molar-refractivity contribution is 5.94. The van der Waals surface area contributed by atoms with Gasteiger partial charge in [0.1, 0.15) is 5.82 Å². The first-order chi connectivity index (χ1) is 13.4. The number of nitrogens with two attached hydrogens (primary N) is 1. The first-order valence-electron chi connectivity index (χ1n) is 9.41. The van der Waals surface area contributed by atoms with Crippen LogP contribution in [0.1, 0.15) is 13.8 Å². The minimum Gasteiger partial charge on any atom is -0.493 e. The second-order valence-electron chi connectivity index (χ2n) is 7.24. The number of carbonyl (C=O) groups excluding carboxylic acids is 1. The summed E-state index contributed by atoms with van der Waals surface area (Å²) in [5.74, 6) is 2.33. The van der Waals surface area contributed by atoms with Crippen LogP contribution in [-0.4, -0.2) is 63.0 Å². The van der Waals surface area contributed by atoms with Gasteiger partial charge in [0.15, 0.2) is 11.5 Å². The number of hydrogen-bond donors (Lipinski definition) is 1. The molecule has 0 unspecified atom stereocenters. The van der Waals surface area contributed by atoms with E-state index in [2.05, 4.69) is 4.90 Å². The van der Waals surface area contributed by atoms with E-state index in [0.717, 1.165) is 16.7 Å². The van der Waals surface area contributed by atoms with Gasteiger partial charge in [0, 0.05) is 49.4 Å². The summed E-state index contributed by atoms with van der Waals surface area (Å²) in [6, 6.07) is 5.53. The van der Waals surface area contributed by atoms with Crippen molar-refractivity contribution in [3.05, 3.63) is 18.2 Å². The second-order valence-corrected chi connectivity index (χ2v) is 7.24. The fourth-order valence-corrected chi connectivity index (χ4v) is 3.17. The van der Waals surface area contributed by atoms with Crippen molar-refractivity contribution >= 4 is 28.5 Å². The number of rotatable bonds is 5. The van der Waals surface area contributed by atoms with Crippen molar-refractivity contribution in [3.8, 4) is 11.5 Å². The minimum absolute atomic E-state index is 0.254. The molecule has 0 saturated carbocycles. The first-order valence-corrected chi connectivity index (χ1v) is 9.41. The summed E-state index contributed by atoms with van der Waals surface area (Å²) in [7, 11) is 3.18. The molecule has 0 radical (unpaired) electrons. The molecule has 1 amide bonds. The van der Waals surface area contributed by atoms with E-state index in [1.807, 2.05) is 32.0 Å². The third-order valence-electron chi connectivity index (χ3n) is 4.73. The van der Waals surface area contributed by atoms with Crippen LogP contribution in [0.15, 0.2) is 18.2 Å². The van der Waals surface area contributed by atoms with Gasteiger partial charge in [-0.05, 0) is 12.0 Å². The Morgan fingerprint density at radius 3 is 2.36 bits per heavy atom. The maximum Gasteiger partial charge on any atom is 0.409 e. The lowest BCUT2D eigenvalue weighted by molar-refractivity contribution is 0.0901. The predicted octanol–water partition coefficient (Wildman–Crippen LogP) is 2.75. The minimum atomic E-state index is -0.254. The highest BCUT2D eigenvalue weighted by Gasteiger charge is 2.24. The van der Waals surface area contributed by atoms with Gasteiger partial charge in [-0.25, -0.2) is 9.78 Å². The number of methoxy groups -OCH3 is 2. The van der Waals surface area contributed by atoms with Crippen LogP contribution in [-0.2, 0) is 4.74 Å². The van der Waals surface area contributed by atoms with Crippen LogP contribution in [0.3, 0.4) is 0 Å². The third kappa shape index (κ3) is 4.16. The van der Waals surface area contributed by atoms with E-state index in [4.69, 9.17) is 24.9 Å². The number of aromatic nitrogens is 1. The van der Waals surface area contributed by atoms with Crippen LogP contribution in [0.2, 0.25) is 0 Å². The Labute approximate surface area is 165 Å². The number of benzene rings is 1. The quantitative estimate of drug-likeness (QED) is 0.842. The van der Waals surface area contributed by atoms with Crippen LogP contribution >= 0.6 is 0 Å². The molecule has 0 atom stereocenters. The van der Waals surface area contributed by atoms with E-state index in [0.29, 0.717) is 55.9 Å². The number of pyridine rings is 1. The fourth-order valence-electron chi connectivity index (χ4n) is 3.17. The molecule has 1 fully saturated rings. The van der Waals surface area contributed by atoms with Crippen molar-refractivity contribution in [2.75, 3.05) is 57.6 Å². The lowest BCUT2D eigenvalue weighted by atomic mass is 10.1. The molecular formula is C20H28N4O4. The molecule has 152 valence electrons. The summed E-state index contributed by atoms with van der Waals surface area (Å²) in [5.41, 5.74) is 7.64. The molecule has 3 rings (SSSR count). The number of anilines is 2. The highest BCUT2D eigenvalue weighted by Crippen LogP contribution is 2.35. The number of nitrogens with zero attached hydrogens (tertiary/aromatic N) is 3. The van der Waals surface area contributed by atoms with Gasteiger partial charge in [-0.2, -0.15) is 0 Å².